The van der Waals surface area contributed by atoms with E-state index in [-0.39, 0.29) is 11.7 Å². The van der Waals surface area contributed by atoms with Crippen LogP contribution in [-0.4, -0.2) is 29.0 Å². The number of hydrogen-bond acceptors (Lipinski definition) is 5. The molecule has 0 aliphatic carbocycles. The van der Waals surface area contributed by atoms with E-state index in [1.54, 1.807) is 31.8 Å². The second kappa shape index (κ2) is 8.89. The highest BCUT2D eigenvalue weighted by atomic mass is 16.5. The number of nitriles is 1. The Morgan fingerprint density at radius 1 is 1.14 bits per heavy atom. The summed E-state index contributed by atoms with van der Waals surface area (Å²) in [5.74, 6) is 0.0715. The fourth-order valence-corrected chi connectivity index (χ4v) is 2.75. The first-order chi connectivity index (χ1) is 14.0. The maximum Gasteiger partial charge on any atom is 0.349 e. The van der Waals surface area contributed by atoms with Crippen molar-refractivity contribution in [3.8, 4) is 28.8 Å². The molecule has 0 N–H and O–H groups in total. The van der Waals surface area contributed by atoms with Crippen molar-refractivity contribution >= 4 is 12.0 Å². The average Bonchev–Trinajstić information content (AvgIpc) is 3.16. The number of para-hydroxylation sites is 1. The molecule has 146 valence electrons. The molecule has 1 aromatic heterocycles. The Balaban J connectivity index is 2.10. The van der Waals surface area contributed by atoms with Crippen LogP contribution in [-0.2, 0) is 9.53 Å². The van der Waals surface area contributed by atoms with Crippen LogP contribution >= 0.6 is 0 Å². The Labute approximate surface area is 169 Å². The molecule has 3 rings (SSSR count). The van der Waals surface area contributed by atoms with Crippen molar-refractivity contribution in [3.63, 3.8) is 0 Å². The molecule has 0 saturated heterocycles. The van der Waals surface area contributed by atoms with Crippen LogP contribution in [0.1, 0.15) is 19.4 Å². The van der Waals surface area contributed by atoms with E-state index >= 15 is 0 Å². The maximum absolute atomic E-state index is 12.2. The number of rotatable bonds is 6. The highest BCUT2D eigenvalue weighted by Gasteiger charge is 2.17. The SMILES string of the molecule is COc1ccc(-c2nn(-c3ccccc3)cc2/C=C(\C#N)C(=O)OC(C)C)cc1. The predicted molar refractivity (Wildman–Crippen MR) is 110 cm³/mol. The molecule has 0 aliphatic heterocycles. The molecule has 0 amide bonds. The van der Waals surface area contributed by atoms with Gasteiger partial charge in [0, 0.05) is 17.3 Å². The molecule has 0 spiro atoms. The molecule has 3 aromatic rings. The number of carbonyl (C=O) groups is 1. The largest absolute Gasteiger partial charge is 0.497 e. The fourth-order valence-electron chi connectivity index (χ4n) is 2.75. The third kappa shape index (κ3) is 4.71. The van der Waals surface area contributed by atoms with E-state index in [4.69, 9.17) is 9.47 Å². The van der Waals surface area contributed by atoms with Crippen molar-refractivity contribution < 1.29 is 14.3 Å². The zero-order valence-electron chi connectivity index (χ0n) is 16.5. The van der Waals surface area contributed by atoms with Gasteiger partial charge in [0.2, 0.25) is 0 Å². The summed E-state index contributed by atoms with van der Waals surface area (Å²) in [6, 6.07) is 19.0. The van der Waals surface area contributed by atoms with Gasteiger partial charge in [-0.25, -0.2) is 9.48 Å². The Bertz CT molecular complexity index is 1060. The van der Waals surface area contributed by atoms with Crippen LogP contribution in [0.25, 0.3) is 23.0 Å². The Hall–Kier alpha value is -3.85. The van der Waals surface area contributed by atoms with Gasteiger partial charge in [0.15, 0.2) is 0 Å². The van der Waals surface area contributed by atoms with Crippen LogP contribution in [0, 0.1) is 11.3 Å². The number of ether oxygens (including phenoxy) is 2. The van der Waals surface area contributed by atoms with Crippen LogP contribution in [0.3, 0.4) is 0 Å². The van der Waals surface area contributed by atoms with Crippen molar-refractivity contribution in [1.29, 1.82) is 5.26 Å². The van der Waals surface area contributed by atoms with Gasteiger partial charge in [0.1, 0.15) is 17.4 Å². The zero-order valence-corrected chi connectivity index (χ0v) is 16.5. The second-order valence-electron chi connectivity index (χ2n) is 6.57. The minimum atomic E-state index is -0.657. The molecule has 0 saturated carbocycles. The topological polar surface area (TPSA) is 77.1 Å². The van der Waals surface area contributed by atoms with Gasteiger partial charge in [-0.05, 0) is 56.3 Å². The first kappa shape index (κ1) is 19.9. The minimum Gasteiger partial charge on any atom is -0.497 e. The summed E-state index contributed by atoms with van der Waals surface area (Å²) in [5.41, 5.74) is 2.89. The van der Waals surface area contributed by atoms with Crippen molar-refractivity contribution in [2.75, 3.05) is 7.11 Å². The lowest BCUT2D eigenvalue weighted by molar-refractivity contribution is -0.142. The first-order valence-corrected chi connectivity index (χ1v) is 9.14. The molecule has 6 nitrogen and oxygen atoms in total. The van der Waals surface area contributed by atoms with Crippen LogP contribution in [0.5, 0.6) is 5.75 Å². The Morgan fingerprint density at radius 3 is 2.41 bits per heavy atom. The number of benzene rings is 2. The summed E-state index contributed by atoms with van der Waals surface area (Å²) >= 11 is 0. The van der Waals surface area contributed by atoms with Gasteiger partial charge in [-0.3, -0.25) is 0 Å². The number of aromatic nitrogens is 2. The molecule has 0 atom stereocenters. The molecule has 6 heteroatoms. The lowest BCUT2D eigenvalue weighted by Crippen LogP contribution is -2.12. The molecule has 2 aromatic carbocycles. The van der Waals surface area contributed by atoms with E-state index < -0.39 is 5.97 Å². The van der Waals surface area contributed by atoms with Gasteiger partial charge >= 0.3 is 5.97 Å². The minimum absolute atomic E-state index is 0.0823. The number of carbonyl (C=O) groups excluding carboxylic acids is 1. The first-order valence-electron chi connectivity index (χ1n) is 9.14. The lowest BCUT2D eigenvalue weighted by Gasteiger charge is -2.06. The Kier molecular flexibility index (Phi) is 6.10. The van der Waals surface area contributed by atoms with Gasteiger partial charge in [0.25, 0.3) is 0 Å². The molecular weight excluding hydrogens is 366 g/mol. The van der Waals surface area contributed by atoms with Crippen molar-refractivity contribution in [3.05, 3.63) is 71.9 Å². The van der Waals surface area contributed by atoms with E-state index in [1.165, 1.54) is 6.08 Å². The standard InChI is InChI=1S/C23H21N3O3/c1-16(2)29-23(27)18(14-24)13-19-15-26(20-7-5-4-6-8-20)25-22(19)17-9-11-21(28-3)12-10-17/h4-13,15-16H,1-3H3/b18-13+. The number of nitrogens with zero attached hydrogens (tertiary/aromatic N) is 3. The van der Waals surface area contributed by atoms with E-state index in [0.717, 1.165) is 17.0 Å². The van der Waals surface area contributed by atoms with Gasteiger partial charge in [-0.2, -0.15) is 10.4 Å². The van der Waals surface area contributed by atoms with Crippen molar-refractivity contribution in [2.24, 2.45) is 0 Å². The van der Waals surface area contributed by atoms with Gasteiger partial charge in [-0.15, -0.1) is 0 Å². The number of methoxy groups -OCH3 is 1. The van der Waals surface area contributed by atoms with E-state index in [1.807, 2.05) is 60.7 Å². The average molecular weight is 387 g/mol. The third-order valence-corrected chi connectivity index (χ3v) is 4.11. The van der Waals surface area contributed by atoms with Crippen molar-refractivity contribution in [2.45, 2.75) is 20.0 Å². The molecular formula is C23H21N3O3. The summed E-state index contributed by atoms with van der Waals surface area (Å²) in [6.45, 7) is 3.48. The summed E-state index contributed by atoms with van der Waals surface area (Å²) in [5, 5.41) is 14.1. The normalized spacial score (nSPS) is 11.2. The summed E-state index contributed by atoms with van der Waals surface area (Å²) in [4.78, 5) is 12.2. The summed E-state index contributed by atoms with van der Waals surface area (Å²) in [6.07, 6.45) is 2.98. The monoisotopic (exact) mass is 387 g/mol. The molecule has 0 unspecified atom stereocenters. The van der Waals surface area contributed by atoms with Crippen LogP contribution in [0.4, 0.5) is 0 Å². The van der Waals surface area contributed by atoms with Gasteiger partial charge < -0.3 is 9.47 Å². The van der Waals surface area contributed by atoms with Crippen LogP contribution in [0.2, 0.25) is 0 Å². The van der Waals surface area contributed by atoms with E-state index in [2.05, 4.69) is 5.10 Å². The highest BCUT2D eigenvalue weighted by Crippen LogP contribution is 2.27. The molecule has 0 aliphatic rings. The lowest BCUT2D eigenvalue weighted by atomic mass is 10.1. The predicted octanol–water partition coefficient (Wildman–Crippen LogP) is 4.41. The fraction of sp³-hybridized carbons (Fsp3) is 0.174. The molecule has 0 bridgehead atoms. The number of hydrogen-bond donors (Lipinski definition) is 0. The highest BCUT2D eigenvalue weighted by molar-refractivity contribution is 5.98. The van der Waals surface area contributed by atoms with Gasteiger partial charge in [0.05, 0.1) is 24.6 Å². The number of esters is 1. The molecule has 0 fully saturated rings. The smallest absolute Gasteiger partial charge is 0.349 e. The quantitative estimate of drug-likeness (QED) is 0.356. The maximum atomic E-state index is 12.2. The van der Waals surface area contributed by atoms with E-state index in [0.29, 0.717) is 11.3 Å². The van der Waals surface area contributed by atoms with Gasteiger partial charge in [-0.1, -0.05) is 18.2 Å². The van der Waals surface area contributed by atoms with E-state index in [9.17, 15) is 10.1 Å². The van der Waals surface area contributed by atoms with Crippen molar-refractivity contribution in [1.82, 2.24) is 9.78 Å². The zero-order chi connectivity index (χ0) is 20.8. The second-order valence-corrected chi connectivity index (χ2v) is 6.57. The summed E-state index contributed by atoms with van der Waals surface area (Å²) < 4.78 is 12.1. The third-order valence-electron chi connectivity index (χ3n) is 4.11. The molecule has 1 heterocycles. The molecule has 0 radical (unpaired) electrons. The van der Waals surface area contributed by atoms with Crippen LogP contribution < -0.4 is 4.74 Å². The Morgan fingerprint density at radius 2 is 1.83 bits per heavy atom. The molecule has 29 heavy (non-hydrogen) atoms. The van der Waals surface area contributed by atoms with Crippen LogP contribution in [0.15, 0.2) is 66.4 Å². The summed E-state index contributed by atoms with van der Waals surface area (Å²) in [7, 11) is 1.60.